The summed E-state index contributed by atoms with van der Waals surface area (Å²) in [5.41, 5.74) is 2.33. The molecule has 1 fully saturated rings. The molecule has 4 nitrogen and oxygen atoms in total. The number of hydrogen-bond donors (Lipinski definition) is 1. The lowest BCUT2D eigenvalue weighted by Gasteiger charge is -2.25. The van der Waals surface area contributed by atoms with Gasteiger partial charge in [-0.3, -0.25) is 0 Å². The molecule has 1 aliphatic rings. The fourth-order valence-corrected chi connectivity index (χ4v) is 2.32. The number of benzene rings is 1. The Labute approximate surface area is 122 Å². The second-order valence-electron chi connectivity index (χ2n) is 5.72. The van der Waals surface area contributed by atoms with Gasteiger partial charge in [0, 0.05) is 56.8 Å². The average molecular weight is 276 g/mol. The Kier molecular flexibility index (Phi) is 5.68. The van der Waals surface area contributed by atoms with E-state index in [9.17, 15) is 0 Å². The normalized spacial score (nSPS) is 16.4. The third-order valence-corrected chi connectivity index (χ3v) is 3.69. The van der Waals surface area contributed by atoms with Crippen LogP contribution in [0.4, 0.5) is 11.4 Å². The Balaban J connectivity index is 1.92. The van der Waals surface area contributed by atoms with Crippen LogP contribution >= 0.6 is 0 Å². The van der Waals surface area contributed by atoms with E-state index in [0.29, 0.717) is 6.04 Å². The molecule has 0 spiro atoms. The highest BCUT2D eigenvalue weighted by Gasteiger charge is 2.13. The summed E-state index contributed by atoms with van der Waals surface area (Å²) < 4.78 is 5.39. The fraction of sp³-hybridized carbons (Fsp3) is 0.625. The summed E-state index contributed by atoms with van der Waals surface area (Å²) >= 11 is 0. The van der Waals surface area contributed by atoms with Gasteiger partial charge in [0.05, 0.1) is 0 Å². The lowest BCUT2D eigenvalue weighted by molar-refractivity contribution is 0.0904. The summed E-state index contributed by atoms with van der Waals surface area (Å²) in [4.78, 5) is 4.48. The minimum Gasteiger partial charge on any atom is -0.382 e. The van der Waals surface area contributed by atoms with Crippen molar-refractivity contribution in [3.8, 4) is 0 Å². The number of nitrogens with zero attached hydrogens (tertiary/aromatic N) is 2. The summed E-state index contributed by atoms with van der Waals surface area (Å²) in [6.45, 7) is 3.80. The van der Waals surface area contributed by atoms with Crippen LogP contribution in [0.15, 0.2) is 18.2 Å². The van der Waals surface area contributed by atoms with E-state index < -0.39 is 0 Å². The number of anilines is 2. The van der Waals surface area contributed by atoms with Gasteiger partial charge in [-0.2, -0.15) is 0 Å². The predicted octanol–water partition coefficient (Wildman–Crippen LogP) is 2.08. The van der Waals surface area contributed by atoms with Gasteiger partial charge in [0.15, 0.2) is 0 Å². The first-order chi connectivity index (χ1) is 9.65. The molecule has 0 aliphatic carbocycles. The first-order valence-corrected chi connectivity index (χ1v) is 7.37. The largest absolute Gasteiger partial charge is 0.382 e. The van der Waals surface area contributed by atoms with E-state index >= 15 is 0 Å². The van der Waals surface area contributed by atoms with Crippen molar-refractivity contribution in [3.63, 3.8) is 0 Å². The van der Waals surface area contributed by atoms with Gasteiger partial charge in [0.25, 0.3) is 0 Å². The van der Waals surface area contributed by atoms with Gasteiger partial charge in [-0.1, -0.05) is 6.07 Å². The number of ether oxygens (including phenoxy) is 1. The van der Waals surface area contributed by atoms with E-state index in [1.54, 1.807) is 0 Å². The Morgan fingerprint density at radius 2 is 2.00 bits per heavy atom. The van der Waals surface area contributed by atoms with Crippen LogP contribution in [0.2, 0.25) is 0 Å². The van der Waals surface area contributed by atoms with E-state index in [0.717, 1.165) is 44.8 Å². The maximum Gasteiger partial charge on any atom is 0.0485 e. The molecule has 4 heteroatoms. The third kappa shape index (κ3) is 4.69. The van der Waals surface area contributed by atoms with Crippen LogP contribution < -0.4 is 10.2 Å². The maximum atomic E-state index is 5.39. The first kappa shape index (κ1) is 15.1. The molecule has 0 atom stereocenters. The molecule has 1 aromatic carbocycles. The van der Waals surface area contributed by atoms with E-state index in [2.05, 4.69) is 54.5 Å². The zero-order valence-corrected chi connectivity index (χ0v) is 12.9. The number of hydrogen-bond acceptors (Lipinski definition) is 4. The monoisotopic (exact) mass is 276 g/mol. The molecule has 111 valence electrons. The average Bonchev–Trinajstić information content (AvgIpc) is 2.46. The quantitative estimate of drug-likeness (QED) is 0.861. The highest BCUT2D eigenvalue weighted by atomic mass is 16.5. The molecule has 1 heterocycles. The van der Waals surface area contributed by atoms with Crippen LogP contribution in [0.3, 0.4) is 0 Å². The highest BCUT2D eigenvalue weighted by Crippen LogP contribution is 2.20. The molecule has 1 aromatic rings. The fourth-order valence-electron chi connectivity index (χ4n) is 2.32. The lowest BCUT2D eigenvalue weighted by atomic mass is 10.1. The van der Waals surface area contributed by atoms with Crippen molar-refractivity contribution in [2.45, 2.75) is 18.9 Å². The van der Waals surface area contributed by atoms with Crippen molar-refractivity contribution in [3.05, 3.63) is 24.3 Å². The molecule has 1 N–H and O–H groups in total. The number of rotatable bonds is 6. The van der Waals surface area contributed by atoms with Crippen molar-refractivity contribution < 1.29 is 4.74 Å². The van der Waals surface area contributed by atoms with Crippen LogP contribution in [-0.4, -0.2) is 58.4 Å². The number of likely N-dealkylation sites (N-methyl/N-ethyl adjacent to an activating group) is 2. The Morgan fingerprint density at radius 3 is 2.70 bits per heavy atom. The van der Waals surface area contributed by atoms with Gasteiger partial charge in [-0.15, -0.1) is 0 Å². The summed E-state index contributed by atoms with van der Waals surface area (Å²) in [6.07, 6.45) is 2.16. The predicted molar refractivity (Wildman–Crippen MR) is 84.6 cm³/mol. The van der Waals surface area contributed by atoms with Gasteiger partial charge in [-0.05, 0) is 39.1 Å². The maximum absolute atomic E-state index is 5.39. The topological polar surface area (TPSA) is 27.7 Å². The summed E-state index contributed by atoms with van der Waals surface area (Å²) in [5.74, 6) is 0. The minimum atomic E-state index is 0.516. The standard InChI is InChI=1S/C16H26N3O/c1-18(2)9-10-19(3)16-6-4-5-15(13-16)17-14-7-11-20-12-8-14/h4,6,13-14,17H,7-12H2,1-3H3. The summed E-state index contributed by atoms with van der Waals surface area (Å²) in [6, 6.07) is 10.1. The minimum absolute atomic E-state index is 0.516. The van der Waals surface area contributed by atoms with Gasteiger partial charge < -0.3 is 19.9 Å². The number of nitrogens with one attached hydrogen (secondary N) is 1. The van der Waals surface area contributed by atoms with Crippen LogP contribution in [0, 0.1) is 6.07 Å². The summed E-state index contributed by atoms with van der Waals surface area (Å²) in [7, 11) is 6.34. The van der Waals surface area contributed by atoms with E-state index in [1.807, 2.05) is 6.07 Å². The molecule has 1 radical (unpaired) electrons. The Bertz CT molecular complexity index is 402. The Hall–Kier alpha value is -1.26. The second-order valence-corrected chi connectivity index (χ2v) is 5.72. The smallest absolute Gasteiger partial charge is 0.0485 e. The molecular weight excluding hydrogens is 250 g/mol. The molecule has 1 aliphatic heterocycles. The highest BCUT2D eigenvalue weighted by molar-refractivity contribution is 5.57. The molecule has 2 rings (SSSR count). The van der Waals surface area contributed by atoms with Crippen LogP contribution in [0.25, 0.3) is 0 Å². The molecule has 1 saturated heterocycles. The molecule has 20 heavy (non-hydrogen) atoms. The van der Waals surface area contributed by atoms with Crippen LogP contribution in [0.5, 0.6) is 0 Å². The van der Waals surface area contributed by atoms with Gasteiger partial charge >= 0.3 is 0 Å². The second kappa shape index (κ2) is 7.50. The molecular formula is C16H26N3O. The van der Waals surface area contributed by atoms with Crippen molar-refractivity contribution in [2.24, 2.45) is 0 Å². The molecule has 0 bridgehead atoms. The van der Waals surface area contributed by atoms with E-state index in [4.69, 9.17) is 4.74 Å². The van der Waals surface area contributed by atoms with Gasteiger partial charge in [-0.25, -0.2) is 0 Å². The van der Waals surface area contributed by atoms with Crippen molar-refractivity contribution in [2.75, 3.05) is 57.7 Å². The molecule has 0 saturated carbocycles. The lowest BCUT2D eigenvalue weighted by Crippen LogP contribution is -2.29. The summed E-state index contributed by atoms with van der Waals surface area (Å²) in [5, 5.41) is 3.57. The zero-order valence-electron chi connectivity index (χ0n) is 12.9. The van der Waals surface area contributed by atoms with Gasteiger partial charge in [0.1, 0.15) is 0 Å². The van der Waals surface area contributed by atoms with Crippen molar-refractivity contribution >= 4 is 11.4 Å². The molecule has 0 aromatic heterocycles. The molecule has 0 amide bonds. The van der Waals surface area contributed by atoms with Gasteiger partial charge in [0.2, 0.25) is 0 Å². The van der Waals surface area contributed by atoms with Crippen LogP contribution in [0.1, 0.15) is 12.8 Å². The van der Waals surface area contributed by atoms with Crippen molar-refractivity contribution in [1.29, 1.82) is 0 Å². The van der Waals surface area contributed by atoms with E-state index in [-0.39, 0.29) is 0 Å². The first-order valence-electron chi connectivity index (χ1n) is 7.37. The van der Waals surface area contributed by atoms with Crippen LogP contribution in [-0.2, 0) is 4.74 Å². The zero-order chi connectivity index (χ0) is 14.4. The van der Waals surface area contributed by atoms with Crippen molar-refractivity contribution in [1.82, 2.24) is 4.90 Å². The Morgan fingerprint density at radius 1 is 1.25 bits per heavy atom. The third-order valence-electron chi connectivity index (χ3n) is 3.69. The molecule has 0 unspecified atom stereocenters. The van der Waals surface area contributed by atoms with E-state index in [1.165, 1.54) is 5.69 Å². The SMILES string of the molecule is CN(C)CCN(C)c1cc[c]c(NC2CCOCC2)c1.